The molecule has 1 N–H and O–H groups in total. The summed E-state index contributed by atoms with van der Waals surface area (Å²) in [6.07, 6.45) is 5.63. The lowest BCUT2D eigenvalue weighted by molar-refractivity contribution is 0.0964. The standard InChI is InChI=1S/C12H24N2/c1-3-12(6-7-13-10-12)11-4-8-14(2)9-5-11/h11,13H,3-10H2,1-2H3. The van der Waals surface area contributed by atoms with Crippen LogP contribution in [-0.2, 0) is 0 Å². The van der Waals surface area contributed by atoms with Gasteiger partial charge in [-0.2, -0.15) is 0 Å². The molecule has 2 heterocycles. The summed E-state index contributed by atoms with van der Waals surface area (Å²) in [7, 11) is 2.25. The SMILES string of the molecule is CCC1(C2CCN(C)CC2)CCNC1. The highest BCUT2D eigenvalue weighted by Crippen LogP contribution is 2.42. The first-order valence-corrected chi connectivity index (χ1v) is 6.16. The first-order chi connectivity index (χ1) is 6.77. The molecule has 0 aromatic heterocycles. The monoisotopic (exact) mass is 196 g/mol. The third-order valence-corrected chi connectivity index (χ3v) is 4.57. The van der Waals surface area contributed by atoms with Gasteiger partial charge in [0.25, 0.3) is 0 Å². The Balaban J connectivity index is 1.98. The number of nitrogens with one attached hydrogen (secondary N) is 1. The van der Waals surface area contributed by atoms with E-state index in [9.17, 15) is 0 Å². The van der Waals surface area contributed by atoms with Crippen molar-refractivity contribution in [1.29, 1.82) is 0 Å². The van der Waals surface area contributed by atoms with E-state index in [1.807, 2.05) is 0 Å². The Labute approximate surface area is 88.1 Å². The van der Waals surface area contributed by atoms with Crippen LogP contribution in [0.5, 0.6) is 0 Å². The largest absolute Gasteiger partial charge is 0.316 e. The molecule has 2 saturated heterocycles. The summed E-state index contributed by atoms with van der Waals surface area (Å²) >= 11 is 0. The number of rotatable bonds is 2. The lowest BCUT2D eigenvalue weighted by Gasteiger charge is -2.41. The molecule has 2 heteroatoms. The normalized spacial score (nSPS) is 36.4. The minimum atomic E-state index is 0.654. The van der Waals surface area contributed by atoms with Crippen molar-refractivity contribution in [2.45, 2.75) is 32.6 Å². The summed E-state index contributed by atoms with van der Waals surface area (Å²) in [5.74, 6) is 0.985. The highest BCUT2D eigenvalue weighted by molar-refractivity contribution is 4.94. The summed E-state index contributed by atoms with van der Waals surface area (Å²) in [4.78, 5) is 2.47. The molecule has 0 radical (unpaired) electrons. The molecular weight excluding hydrogens is 172 g/mol. The number of hydrogen-bond acceptors (Lipinski definition) is 2. The molecule has 2 rings (SSSR count). The molecule has 2 nitrogen and oxygen atoms in total. The van der Waals surface area contributed by atoms with Crippen LogP contribution < -0.4 is 5.32 Å². The van der Waals surface area contributed by atoms with Crippen molar-refractivity contribution in [3.63, 3.8) is 0 Å². The topological polar surface area (TPSA) is 15.3 Å². The lowest BCUT2D eigenvalue weighted by Crippen LogP contribution is -2.40. The van der Waals surface area contributed by atoms with Gasteiger partial charge in [0, 0.05) is 6.54 Å². The van der Waals surface area contributed by atoms with Crippen molar-refractivity contribution in [2.75, 3.05) is 33.2 Å². The number of hydrogen-bond donors (Lipinski definition) is 1. The highest BCUT2D eigenvalue weighted by atomic mass is 15.1. The third kappa shape index (κ3) is 1.82. The molecule has 0 aromatic carbocycles. The zero-order valence-corrected chi connectivity index (χ0v) is 9.68. The average Bonchev–Trinajstić information content (AvgIpc) is 2.68. The Morgan fingerprint density at radius 3 is 2.57 bits per heavy atom. The molecule has 14 heavy (non-hydrogen) atoms. The molecule has 82 valence electrons. The molecule has 0 aromatic rings. The quantitative estimate of drug-likeness (QED) is 0.723. The summed E-state index contributed by atoms with van der Waals surface area (Å²) in [6.45, 7) is 7.53. The van der Waals surface area contributed by atoms with Gasteiger partial charge in [-0.1, -0.05) is 6.92 Å². The maximum Gasteiger partial charge on any atom is 0.00109 e. The molecular formula is C12H24N2. The second-order valence-electron chi connectivity index (χ2n) is 5.22. The minimum Gasteiger partial charge on any atom is -0.316 e. The fourth-order valence-electron chi connectivity index (χ4n) is 3.32. The molecule has 0 spiro atoms. The van der Waals surface area contributed by atoms with Crippen LogP contribution in [0.4, 0.5) is 0 Å². The Kier molecular flexibility index (Phi) is 3.13. The van der Waals surface area contributed by atoms with E-state index in [1.54, 1.807) is 0 Å². The predicted octanol–water partition coefficient (Wildman–Crippen LogP) is 1.72. The molecule has 0 saturated carbocycles. The van der Waals surface area contributed by atoms with Crippen LogP contribution in [0.15, 0.2) is 0 Å². The van der Waals surface area contributed by atoms with Gasteiger partial charge in [0.2, 0.25) is 0 Å². The Bertz CT molecular complexity index is 177. The van der Waals surface area contributed by atoms with Crippen molar-refractivity contribution in [3.05, 3.63) is 0 Å². The molecule has 1 unspecified atom stereocenters. The van der Waals surface area contributed by atoms with Crippen LogP contribution in [0.2, 0.25) is 0 Å². The van der Waals surface area contributed by atoms with Gasteiger partial charge in [0.15, 0.2) is 0 Å². The van der Waals surface area contributed by atoms with Crippen LogP contribution in [0.1, 0.15) is 32.6 Å². The predicted molar refractivity (Wildman–Crippen MR) is 60.4 cm³/mol. The molecule has 1 atom stereocenters. The van der Waals surface area contributed by atoms with Gasteiger partial charge in [-0.3, -0.25) is 0 Å². The van der Waals surface area contributed by atoms with E-state index < -0.39 is 0 Å². The minimum absolute atomic E-state index is 0.654. The zero-order chi connectivity index (χ0) is 10.0. The highest BCUT2D eigenvalue weighted by Gasteiger charge is 2.40. The van der Waals surface area contributed by atoms with Crippen LogP contribution in [-0.4, -0.2) is 38.1 Å². The fraction of sp³-hybridized carbons (Fsp3) is 1.00. The number of likely N-dealkylation sites (tertiary alicyclic amines) is 1. The lowest BCUT2D eigenvalue weighted by atomic mass is 9.68. The first-order valence-electron chi connectivity index (χ1n) is 6.16. The molecule has 0 bridgehead atoms. The molecule has 0 amide bonds. The molecule has 0 aliphatic carbocycles. The van der Waals surface area contributed by atoms with E-state index in [0.717, 1.165) is 5.92 Å². The summed E-state index contributed by atoms with van der Waals surface area (Å²) < 4.78 is 0. The van der Waals surface area contributed by atoms with E-state index in [2.05, 4.69) is 24.2 Å². The number of piperidine rings is 1. The summed E-state index contributed by atoms with van der Waals surface area (Å²) in [6, 6.07) is 0. The van der Waals surface area contributed by atoms with Gasteiger partial charge in [-0.05, 0) is 63.7 Å². The molecule has 2 aliphatic heterocycles. The van der Waals surface area contributed by atoms with Crippen LogP contribution in [0, 0.1) is 11.3 Å². The van der Waals surface area contributed by atoms with Crippen molar-refractivity contribution in [2.24, 2.45) is 11.3 Å². The van der Waals surface area contributed by atoms with E-state index in [-0.39, 0.29) is 0 Å². The molecule has 2 fully saturated rings. The second kappa shape index (κ2) is 4.19. The van der Waals surface area contributed by atoms with Gasteiger partial charge >= 0.3 is 0 Å². The van der Waals surface area contributed by atoms with Crippen LogP contribution in [0.25, 0.3) is 0 Å². The summed E-state index contributed by atoms with van der Waals surface area (Å²) in [5.41, 5.74) is 0.654. The average molecular weight is 196 g/mol. The maximum absolute atomic E-state index is 3.56. The second-order valence-corrected chi connectivity index (χ2v) is 5.22. The van der Waals surface area contributed by atoms with E-state index in [4.69, 9.17) is 0 Å². The van der Waals surface area contributed by atoms with Crippen molar-refractivity contribution >= 4 is 0 Å². The van der Waals surface area contributed by atoms with Gasteiger partial charge in [0.05, 0.1) is 0 Å². The van der Waals surface area contributed by atoms with Gasteiger partial charge in [-0.15, -0.1) is 0 Å². The Hall–Kier alpha value is -0.0800. The van der Waals surface area contributed by atoms with Crippen LogP contribution in [0.3, 0.4) is 0 Å². The van der Waals surface area contributed by atoms with E-state index >= 15 is 0 Å². The van der Waals surface area contributed by atoms with Crippen molar-refractivity contribution in [1.82, 2.24) is 10.2 Å². The Morgan fingerprint density at radius 1 is 1.36 bits per heavy atom. The number of nitrogens with zero attached hydrogens (tertiary/aromatic N) is 1. The maximum atomic E-state index is 3.56. The van der Waals surface area contributed by atoms with Gasteiger partial charge < -0.3 is 10.2 Å². The smallest absolute Gasteiger partial charge is 0.00109 e. The molecule has 2 aliphatic rings. The zero-order valence-electron chi connectivity index (χ0n) is 9.68. The van der Waals surface area contributed by atoms with Crippen molar-refractivity contribution in [3.8, 4) is 0 Å². The van der Waals surface area contributed by atoms with E-state index in [1.165, 1.54) is 51.9 Å². The van der Waals surface area contributed by atoms with Crippen molar-refractivity contribution < 1.29 is 0 Å². The van der Waals surface area contributed by atoms with Gasteiger partial charge in [0.1, 0.15) is 0 Å². The van der Waals surface area contributed by atoms with E-state index in [0.29, 0.717) is 5.41 Å². The van der Waals surface area contributed by atoms with Crippen LogP contribution >= 0.6 is 0 Å². The third-order valence-electron chi connectivity index (χ3n) is 4.57. The fourth-order valence-corrected chi connectivity index (χ4v) is 3.32. The first kappa shape index (κ1) is 10.4. The Morgan fingerprint density at radius 2 is 2.07 bits per heavy atom. The van der Waals surface area contributed by atoms with Gasteiger partial charge in [-0.25, -0.2) is 0 Å². The summed E-state index contributed by atoms with van der Waals surface area (Å²) in [5, 5.41) is 3.56.